The molecule has 0 aliphatic carbocycles. The molecule has 1 aliphatic rings. The van der Waals surface area contributed by atoms with E-state index in [1.54, 1.807) is 29.8 Å². The van der Waals surface area contributed by atoms with Crippen LogP contribution in [0, 0.1) is 5.82 Å². The Labute approximate surface area is 201 Å². The van der Waals surface area contributed by atoms with Crippen molar-refractivity contribution in [2.75, 3.05) is 18.6 Å². The van der Waals surface area contributed by atoms with Crippen molar-refractivity contribution in [2.45, 2.75) is 32.6 Å². The van der Waals surface area contributed by atoms with Gasteiger partial charge in [0, 0.05) is 35.7 Å². The van der Waals surface area contributed by atoms with Crippen LogP contribution in [0.1, 0.15) is 30.7 Å². The molecule has 1 N–H and O–H groups in total. The molecule has 0 spiro atoms. The highest BCUT2D eigenvalue weighted by atomic mass is 31.2. The molecular weight excluding hydrogens is 468 g/mol. The smallest absolute Gasteiger partial charge is 0.205 e. The summed E-state index contributed by atoms with van der Waals surface area (Å²) in [5, 5.41) is 12.5. The van der Waals surface area contributed by atoms with Gasteiger partial charge in [-0.15, -0.1) is 5.10 Å². The molecule has 180 valence electrons. The first kappa shape index (κ1) is 23.3. The number of anilines is 1. The molecule has 11 heteroatoms. The Hall–Kier alpha value is -3.49. The molecule has 0 radical (unpaired) electrons. The van der Waals surface area contributed by atoms with Gasteiger partial charge in [0.25, 0.3) is 0 Å². The minimum atomic E-state index is -2.72. The normalized spacial score (nSPS) is 16.9. The number of nitrogens with zero attached hydrogens (tertiary/aromatic N) is 6. The van der Waals surface area contributed by atoms with E-state index >= 15 is 0 Å². The molecule has 9 nitrogen and oxygen atoms in total. The second kappa shape index (κ2) is 9.28. The highest BCUT2D eigenvalue weighted by Crippen LogP contribution is 2.45. The minimum Gasteiger partial charge on any atom is -0.357 e. The standard InChI is InChI=1S/C24H25FN7O2P/c1-4-34-35(3,33)14-19-8-7-18(12-27-19)21-15(2)28-23-24(29-21)32(31-30-23)13-16-10-17-6-5-9-26-22(17)20(25)11-16/h5-12,15,28H,4,13-14H2,1-3H3. The number of nitrogens with one attached hydrogen (secondary N) is 1. The molecule has 0 amide bonds. The molecule has 1 aromatic carbocycles. The molecule has 2 unspecified atom stereocenters. The maximum atomic E-state index is 14.5. The summed E-state index contributed by atoms with van der Waals surface area (Å²) in [6.07, 6.45) is 3.58. The number of rotatable bonds is 7. The molecule has 2 atom stereocenters. The van der Waals surface area contributed by atoms with Gasteiger partial charge in [-0.1, -0.05) is 11.3 Å². The molecule has 35 heavy (non-hydrogen) atoms. The molecule has 3 aromatic heterocycles. The van der Waals surface area contributed by atoms with Crippen molar-refractivity contribution in [1.82, 2.24) is 25.0 Å². The Kier molecular flexibility index (Phi) is 6.17. The van der Waals surface area contributed by atoms with Gasteiger partial charge in [-0.25, -0.2) is 14.1 Å². The molecule has 5 rings (SSSR count). The minimum absolute atomic E-state index is 0.120. The summed E-state index contributed by atoms with van der Waals surface area (Å²) < 4.78 is 34.0. The van der Waals surface area contributed by atoms with Gasteiger partial charge in [0.05, 0.1) is 31.1 Å². The van der Waals surface area contributed by atoms with Gasteiger partial charge in [0.1, 0.15) is 11.3 Å². The summed E-state index contributed by atoms with van der Waals surface area (Å²) >= 11 is 0. The lowest BCUT2D eigenvalue weighted by Crippen LogP contribution is -2.30. The molecule has 4 heterocycles. The largest absolute Gasteiger partial charge is 0.357 e. The number of benzene rings is 1. The third-order valence-corrected chi connectivity index (χ3v) is 7.42. The average molecular weight is 493 g/mol. The number of aromatic nitrogens is 5. The average Bonchev–Trinajstić information content (AvgIpc) is 3.20. The maximum Gasteiger partial charge on any atom is 0.205 e. The van der Waals surface area contributed by atoms with Crippen molar-refractivity contribution in [1.29, 1.82) is 0 Å². The van der Waals surface area contributed by atoms with Crippen molar-refractivity contribution in [3.63, 3.8) is 0 Å². The SMILES string of the molecule is CCOP(C)(=O)Cc1ccc(C2=Nc3c(nnn3Cc3cc(F)c4ncccc4c3)NC2C)cn1. The van der Waals surface area contributed by atoms with Crippen LogP contribution in [0.2, 0.25) is 0 Å². The molecule has 1 aliphatic heterocycles. The summed E-state index contributed by atoms with van der Waals surface area (Å²) in [4.78, 5) is 13.4. The predicted octanol–water partition coefficient (Wildman–Crippen LogP) is 4.79. The summed E-state index contributed by atoms with van der Waals surface area (Å²) in [6.45, 7) is 6.13. The topological polar surface area (TPSA) is 107 Å². The fraction of sp³-hybridized carbons (Fsp3) is 0.292. The lowest BCUT2D eigenvalue weighted by Gasteiger charge is -2.21. The van der Waals surface area contributed by atoms with Crippen LogP contribution in [-0.4, -0.2) is 50.0 Å². The number of hydrogen-bond donors (Lipinski definition) is 1. The van der Waals surface area contributed by atoms with E-state index < -0.39 is 7.37 Å². The summed E-state index contributed by atoms with van der Waals surface area (Å²) in [7, 11) is -2.72. The van der Waals surface area contributed by atoms with Crippen molar-refractivity contribution in [3.8, 4) is 0 Å². The zero-order chi connectivity index (χ0) is 24.6. The third-order valence-electron chi connectivity index (χ3n) is 5.72. The second-order valence-electron chi connectivity index (χ2n) is 8.56. The van der Waals surface area contributed by atoms with Crippen LogP contribution in [0.5, 0.6) is 0 Å². The van der Waals surface area contributed by atoms with E-state index in [2.05, 4.69) is 25.6 Å². The van der Waals surface area contributed by atoms with Crippen molar-refractivity contribution < 1.29 is 13.5 Å². The fourth-order valence-corrected chi connectivity index (χ4v) is 5.58. The Balaban J connectivity index is 1.42. The van der Waals surface area contributed by atoms with E-state index in [0.717, 1.165) is 22.2 Å². The van der Waals surface area contributed by atoms with Gasteiger partial charge in [0.2, 0.25) is 7.37 Å². The highest BCUT2D eigenvalue weighted by Gasteiger charge is 2.25. The summed E-state index contributed by atoms with van der Waals surface area (Å²) in [5.74, 6) is 0.746. The lowest BCUT2D eigenvalue weighted by atomic mass is 10.0. The van der Waals surface area contributed by atoms with E-state index in [-0.39, 0.29) is 18.0 Å². The Morgan fingerprint density at radius 3 is 2.86 bits per heavy atom. The van der Waals surface area contributed by atoms with Crippen LogP contribution in [0.15, 0.2) is 53.8 Å². The first-order valence-corrected chi connectivity index (χ1v) is 13.6. The third kappa shape index (κ3) is 4.85. The molecule has 0 saturated heterocycles. The van der Waals surface area contributed by atoms with Crippen LogP contribution in [-0.2, 0) is 21.8 Å². The Morgan fingerprint density at radius 2 is 2.09 bits per heavy atom. The zero-order valence-corrected chi connectivity index (χ0v) is 20.5. The van der Waals surface area contributed by atoms with E-state index in [1.165, 1.54) is 6.07 Å². The lowest BCUT2D eigenvalue weighted by molar-refractivity contribution is 0.336. The first-order valence-electron chi connectivity index (χ1n) is 11.3. The van der Waals surface area contributed by atoms with Crippen LogP contribution < -0.4 is 5.32 Å². The van der Waals surface area contributed by atoms with Gasteiger partial charge in [-0.05, 0) is 49.7 Å². The van der Waals surface area contributed by atoms with E-state index in [9.17, 15) is 8.96 Å². The second-order valence-corrected chi connectivity index (χ2v) is 11.2. The number of pyridine rings is 2. The van der Waals surface area contributed by atoms with Gasteiger partial charge in [-0.3, -0.25) is 14.5 Å². The van der Waals surface area contributed by atoms with Crippen molar-refractivity contribution >= 4 is 35.6 Å². The Bertz CT molecular complexity index is 1470. The van der Waals surface area contributed by atoms with E-state index in [1.807, 2.05) is 38.1 Å². The fourth-order valence-electron chi connectivity index (χ4n) is 4.17. The quantitative estimate of drug-likeness (QED) is 0.369. The number of halogens is 1. The van der Waals surface area contributed by atoms with Gasteiger partial charge in [0.15, 0.2) is 11.6 Å². The number of hydrogen-bond acceptors (Lipinski definition) is 8. The molecule has 0 fully saturated rings. The van der Waals surface area contributed by atoms with Gasteiger partial charge in [-0.2, -0.15) is 0 Å². The number of aliphatic imine (C=N–C) groups is 1. The van der Waals surface area contributed by atoms with Crippen LogP contribution in [0.3, 0.4) is 0 Å². The summed E-state index contributed by atoms with van der Waals surface area (Å²) in [5.41, 5.74) is 3.38. The zero-order valence-electron chi connectivity index (χ0n) is 19.6. The highest BCUT2D eigenvalue weighted by molar-refractivity contribution is 7.57. The van der Waals surface area contributed by atoms with E-state index in [0.29, 0.717) is 36.0 Å². The summed E-state index contributed by atoms with van der Waals surface area (Å²) in [6, 6.07) is 10.6. The molecule has 4 aromatic rings. The van der Waals surface area contributed by atoms with E-state index in [4.69, 9.17) is 9.52 Å². The predicted molar refractivity (Wildman–Crippen MR) is 133 cm³/mol. The Morgan fingerprint density at radius 1 is 1.23 bits per heavy atom. The van der Waals surface area contributed by atoms with Crippen LogP contribution in [0.4, 0.5) is 16.0 Å². The van der Waals surface area contributed by atoms with Crippen LogP contribution in [0.25, 0.3) is 10.9 Å². The van der Waals surface area contributed by atoms with Crippen LogP contribution >= 0.6 is 7.37 Å². The van der Waals surface area contributed by atoms with Gasteiger partial charge >= 0.3 is 0 Å². The maximum absolute atomic E-state index is 14.5. The van der Waals surface area contributed by atoms with Crippen molar-refractivity contribution in [2.24, 2.45) is 4.99 Å². The molecule has 0 bridgehead atoms. The van der Waals surface area contributed by atoms with Crippen molar-refractivity contribution in [3.05, 3.63) is 71.4 Å². The molecule has 0 saturated carbocycles. The van der Waals surface area contributed by atoms with Gasteiger partial charge < -0.3 is 9.84 Å². The monoisotopic (exact) mass is 493 g/mol. The first-order chi connectivity index (χ1) is 16.8. The molecular formula is C24H25FN7O2P. The number of fused-ring (bicyclic) bond motifs is 2.